The van der Waals surface area contributed by atoms with Gasteiger partial charge in [-0.05, 0) is 62.8 Å². The van der Waals surface area contributed by atoms with Gasteiger partial charge in [-0.1, -0.05) is 6.07 Å². The Hall–Kier alpha value is -1.49. The molecular formula is C15H20N2. The van der Waals surface area contributed by atoms with Crippen LogP contribution in [0.1, 0.15) is 35.1 Å². The van der Waals surface area contributed by atoms with Crippen molar-refractivity contribution in [3.05, 3.63) is 28.3 Å². The lowest BCUT2D eigenvalue weighted by atomic mass is 9.98. The van der Waals surface area contributed by atoms with Crippen LogP contribution in [-0.4, -0.2) is 6.54 Å². The first-order valence-corrected chi connectivity index (χ1v) is 6.22. The molecule has 0 aliphatic heterocycles. The Balaban J connectivity index is 2.24. The molecule has 0 unspecified atom stereocenters. The van der Waals surface area contributed by atoms with E-state index in [2.05, 4.69) is 45.1 Å². The summed E-state index contributed by atoms with van der Waals surface area (Å²) < 4.78 is 0. The summed E-state index contributed by atoms with van der Waals surface area (Å²) in [5, 5.41) is 12.6. The normalized spacial score (nSPS) is 16.4. The summed E-state index contributed by atoms with van der Waals surface area (Å²) in [5.74, 6) is 0. The minimum atomic E-state index is -0.0868. The van der Waals surface area contributed by atoms with Crippen LogP contribution < -0.4 is 5.32 Å². The molecule has 17 heavy (non-hydrogen) atoms. The molecule has 0 saturated heterocycles. The van der Waals surface area contributed by atoms with E-state index in [9.17, 15) is 0 Å². The Morgan fingerprint density at radius 1 is 1.18 bits per heavy atom. The van der Waals surface area contributed by atoms with Crippen molar-refractivity contribution in [1.29, 1.82) is 5.26 Å². The molecule has 0 bridgehead atoms. The van der Waals surface area contributed by atoms with E-state index in [1.54, 1.807) is 0 Å². The molecule has 0 amide bonds. The van der Waals surface area contributed by atoms with Crippen LogP contribution in [0.25, 0.3) is 0 Å². The third-order valence-electron chi connectivity index (χ3n) is 4.06. The van der Waals surface area contributed by atoms with Gasteiger partial charge < -0.3 is 5.32 Å². The van der Waals surface area contributed by atoms with Gasteiger partial charge in [0, 0.05) is 12.2 Å². The largest absolute Gasteiger partial charge is 0.383 e. The van der Waals surface area contributed by atoms with Crippen molar-refractivity contribution in [2.75, 3.05) is 11.9 Å². The van der Waals surface area contributed by atoms with Crippen molar-refractivity contribution in [1.82, 2.24) is 0 Å². The summed E-state index contributed by atoms with van der Waals surface area (Å²) in [4.78, 5) is 0. The van der Waals surface area contributed by atoms with E-state index in [0.717, 1.165) is 19.4 Å². The lowest BCUT2D eigenvalue weighted by molar-refractivity contribution is 0.710. The molecule has 2 heteroatoms. The Kier molecular flexibility index (Phi) is 2.87. The highest BCUT2D eigenvalue weighted by Gasteiger charge is 2.42. The molecule has 1 aliphatic rings. The van der Waals surface area contributed by atoms with Crippen molar-refractivity contribution in [3.63, 3.8) is 0 Å². The van der Waals surface area contributed by atoms with Gasteiger partial charge in [0.25, 0.3) is 0 Å². The number of rotatable bonds is 3. The van der Waals surface area contributed by atoms with Crippen LogP contribution in [0.15, 0.2) is 6.07 Å². The number of nitrogens with zero attached hydrogens (tertiary/aromatic N) is 1. The Labute approximate surface area is 104 Å². The first-order chi connectivity index (χ1) is 7.99. The molecule has 1 N–H and O–H groups in total. The molecule has 1 aromatic rings. The molecule has 90 valence electrons. The average molecular weight is 228 g/mol. The lowest BCUT2D eigenvalue weighted by Crippen LogP contribution is -2.15. The lowest BCUT2D eigenvalue weighted by Gasteiger charge is -2.18. The molecule has 0 spiro atoms. The monoisotopic (exact) mass is 228 g/mol. The zero-order chi connectivity index (χ0) is 12.6. The van der Waals surface area contributed by atoms with Crippen molar-refractivity contribution in [3.8, 4) is 6.07 Å². The second-order valence-electron chi connectivity index (χ2n) is 5.38. The molecule has 2 nitrogen and oxygen atoms in total. The summed E-state index contributed by atoms with van der Waals surface area (Å²) in [5.41, 5.74) is 6.39. The van der Waals surface area contributed by atoms with Gasteiger partial charge in [0.1, 0.15) is 0 Å². The van der Waals surface area contributed by atoms with Gasteiger partial charge >= 0.3 is 0 Å². The van der Waals surface area contributed by atoms with E-state index in [1.807, 2.05) is 0 Å². The van der Waals surface area contributed by atoms with Crippen LogP contribution >= 0.6 is 0 Å². The molecule has 1 fully saturated rings. The first kappa shape index (κ1) is 12.0. The summed E-state index contributed by atoms with van der Waals surface area (Å²) in [6.45, 7) is 9.37. The van der Waals surface area contributed by atoms with Crippen LogP contribution in [0.3, 0.4) is 0 Å². The zero-order valence-electron chi connectivity index (χ0n) is 11.1. The van der Waals surface area contributed by atoms with Gasteiger partial charge in [0.2, 0.25) is 0 Å². The Morgan fingerprint density at radius 2 is 1.71 bits per heavy atom. The highest BCUT2D eigenvalue weighted by atomic mass is 14.9. The van der Waals surface area contributed by atoms with Crippen molar-refractivity contribution in [2.24, 2.45) is 5.41 Å². The molecular weight excluding hydrogens is 208 g/mol. The van der Waals surface area contributed by atoms with Crippen LogP contribution in [0.2, 0.25) is 0 Å². The number of hydrogen-bond acceptors (Lipinski definition) is 2. The molecule has 0 atom stereocenters. The van der Waals surface area contributed by atoms with Gasteiger partial charge in [-0.2, -0.15) is 5.26 Å². The van der Waals surface area contributed by atoms with Crippen LogP contribution in [0.4, 0.5) is 5.69 Å². The number of anilines is 1. The summed E-state index contributed by atoms with van der Waals surface area (Å²) in [7, 11) is 0. The van der Waals surface area contributed by atoms with Gasteiger partial charge in [0.15, 0.2) is 0 Å². The molecule has 1 saturated carbocycles. The summed E-state index contributed by atoms with van der Waals surface area (Å²) >= 11 is 0. The van der Waals surface area contributed by atoms with E-state index in [0.29, 0.717) is 0 Å². The Morgan fingerprint density at radius 3 is 2.12 bits per heavy atom. The molecule has 1 aliphatic carbocycles. The van der Waals surface area contributed by atoms with Gasteiger partial charge in [-0.25, -0.2) is 0 Å². The first-order valence-electron chi connectivity index (χ1n) is 6.22. The maximum atomic E-state index is 9.09. The molecule has 0 radical (unpaired) electrons. The Bertz CT molecular complexity index is 464. The van der Waals surface area contributed by atoms with Crippen molar-refractivity contribution in [2.45, 2.75) is 40.5 Å². The molecule has 0 aromatic heterocycles. The molecule has 1 aromatic carbocycles. The quantitative estimate of drug-likeness (QED) is 0.857. The highest BCUT2D eigenvalue weighted by molar-refractivity contribution is 5.62. The average Bonchev–Trinajstić information content (AvgIpc) is 3.07. The number of benzene rings is 1. The van der Waals surface area contributed by atoms with E-state index >= 15 is 0 Å². The maximum absolute atomic E-state index is 9.09. The highest BCUT2D eigenvalue weighted by Crippen LogP contribution is 2.45. The SMILES string of the molecule is Cc1cc(C)c(C)c(NCC2(C#N)CC2)c1C. The second kappa shape index (κ2) is 4.07. The minimum Gasteiger partial charge on any atom is -0.383 e. The van der Waals surface area contributed by atoms with E-state index < -0.39 is 0 Å². The third-order valence-corrected chi connectivity index (χ3v) is 4.06. The molecule has 2 rings (SSSR count). The van der Waals surface area contributed by atoms with Gasteiger partial charge in [0.05, 0.1) is 11.5 Å². The van der Waals surface area contributed by atoms with E-state index in [4.69, 9.17) is 5.26 Å². The summed E-state index contributed by atoms with van der Waals surface area (Å²) in [6.07, 6.45) is 2.08. The van der Waals surface area contributed by atoms with Crippen LogP contribution in [0.5, 0.6) is 0 Å². The maximum Gasteiger partial charge on any atom is 0.0747 e. The standard InChI is InChI=1S/C15H20N2/c1-10-7-11(2)13(4)14(12(10)3)17-9-15(8-16)5-6-15/h7,17H,5-6,9H2,1-4H3. The van der Waals surface area contributed by atoms with E-state index in [1.165, 1.54) is 27.9 Å². The van der Waals surface area contributed by atoms with Crippen LogP contribution in [-0.2, 0) is 0 Å². The minimum absolute atomic E-state index is 0.0868. The number of nitrogens with one attached hydrogen (secondary N) is 1. The number of nitriles is 1. The topological polar surface area (TPSA) is 35.8 Å². The zero-order valence-corrected chi connectivity index (χ0v) is 11.1. The van der Waals surface area contributed by atoms with Gasteiger partial charge in [-0.3, -0.25) is 0 Å². The fourth-order valence-corrected chi connectivity index (χ4v) is 2.22. The van der Waals surface area contributed by atoms with E-state index in [-0.39, 0.29) is 5.41 Å². The number of aryl methyl sites for hydroxylation is 2. The third kappa shape index (κ3) is 2.15. The predicted molar refractivity (Wildman–Crippen MR) is 71.2 cm³/mol. The molecule has 0 heterocycles. The van der Waals surface area contributed by atoms with Crippen molar-refractivity contribution >= 4 is 5.69 Å². The fourth-order valence-electron chi connectivity index (χ4n) is 2.22. The number of hydrogen-bond donors (Lipinski definition) is 1. The van der Waals surface area contributed by atoms with Crippen molar-refractivity contribution < 1.29 is 0 Å². The smallest absolute Gasteiger partial charge is 0.0747 e. The second-order valence-corrected chi connectivity index (χ2v) is 5.38. The predicted octanol–water partition coefficient (Wildman–Crippen LogP) is 3.64. The van der Waals surface area contributed by atoms with Gasteiger partial charge in [-0.15, -0.1) is 0 Å². The fraction of sp³-hybridized carbons (Fsp3) is 0.533. The summed E-state index contributed by atoms with van der Waals surface area (Å²) in [6, 6.07) is 4.66. The van der Waals surface area contributed by atoms with Crippen LogP contribution in [0, 0.1) is 44.4 Å².